The molecule has 12 aromatic carbocycles. The minimum absolute atomic E-state index is 0.240. The number of hydrogen-bond acceptors (Lipinski definition) is 23. The van der Waals surface area contributed by atoms with Crippen molar-refractivity contribution < 1.29 is 90.8 Å². The van der Waals surface area contributed by atoms with Crippen molar-refractivity contribution in [2.24, 2.45) is 0 Å². The molecule has 0 spiro atoms. The molecule has 8 heterocycles. The van der Waals surface area contributed by atoms with Gasteiger partial charge in [0.15, 0.2) is 62.7 Å². The summed E-state index contributed by atoms with van der Waals surface area (Å²) < 4.78 is 64.6. The van der Waals surface area contributed by atoms with Crippen molar-refractivity contribution in [3.8, 4) is 46.0 Å². The molecular weight excluding hydrogens is 1660 g/mol. The molecule has 4 aromatic heterocycles. The van der Waals surface area contributed by atoms with Crippen LogP contribution in [0.1, 0.15) is 77.9 Å². The first kappa shape index (κ1) is 86.1. The van der Waals surface area contributed by atoms with Crippen LogP contribution in [0.5, 0.6) is 46.0 Å². The zero-order valence-electron chi connectivity index (χ0n) is 72.0. The SMILES string of the molecule is COc1ccc2c(c1OCc1ccccc1)CC(C(=O)O)N(c1nc3c(C)cccc3o1)C2.COc1ccc2c(c1OCc1ccccc1)CC(C(=O)O)N(c1nc3cc(C)ccc3o1)C2.COc1ccc2c(c1OCc1ccccc1)CC(C(=O)O)N(c1nc3ccccc3[nH]1)C2.COc1ccc2c(c1OCc1ccccc1)CC(C(=O)O)N(c1nc3ccccc3o1)C2. The lowest BCUT2D eigenvalue weighted by Gasteiger charge is -2.35. The highest BCUT2D eigenvalue weighted by Crippen LogP contribution is 2.46. The smallest absolute Gasteiger partial charge is 0.326 e. The van der Waals surface area contributed by atoms with Crippen molar-refractivity contribution in [1.29, 1.82) is 0 Å². The fourth-order valence-corrected chi connectivity index (χ4v) is 16.8. The minimum Gasteiger partial charge on any atom is -0.493 e. The van der Waals surface area contributed by atoms with Crippen LogP contribution in [-0.4, -0.2) is 122 Å². The van der Waals surface area contributed by atoms with Crippen LogP contribution in [0.4, 0.5) is 24.0 Å². The zero-order valence-corrected chi connectivity index (χ0v) is 72.0. The van der Waals surface area contributed by atoms with Gasteiger partial charge in [-0.05, 0) is 136 Å². The van der Waals surface area contributed by atoms with Gasteiger partial charge in [-0.15, -0.1) is 0 Å². The summed E-state index contributed by atoms with van der Waals surface area (Å²) in [6.45, 7) is 6.81. The van der Waals surface area contributed by atoms with Crippen molar-refractivity contribution in [2.75, 3.05) is 48.0 Å². The molecule has 0 bridgehead atoms. The summed E-state index contributed by atoms with van der Waals surface area (Å²) in [5.74, 6) is 1.49. The number of nitrogens with zero attached hydrogens (tertiary/aromatic N) is 8. The van der Waals surface area contributed by atoms with Gasteiger partial charge in [0.2, 0.25) is 5.95 Å². The molecule has 0 saturated heterocycles. The van der Waals surface area contributed by atoms with Crippen molar-refractivity contribution in [1.82, 2.24) is 24.9 Å². The molecule has 0 amide bonds. The summed E-state index contributed by atoms with van der Waals surface area (Å²) in [6, 6.07) is 78.7. The van der Waals surface area contributed by atoms with E-state index >= 15 is 0 Å². The van der Waals surface area contributed by atoms with Crippen molar-refractivity contribution in [3.63, 3.8) is 0 Å². The Kier molecular flexibility index (Phi) is 25.5. The number of oxazole rings is 3. The number of benzene rings is 12. The van der Waals surface area contributed by atoms with Gasteiger partial charge in [-0.2, -0.15) is 15.0 Å². The highest BCUT2D eigenvalue weighted by molar-refractivity contribution is 5.86. The molecule has 4 unspecified atom stereocenters. The van der Waals surface area contributed by atoms with Crippen LogP contribution in [-0.2, 0) is 97.5 Å². The lowest BCUT2D eigenvalue weighted by molar-refractivity contribution is -0.139. The largest absolute Gasteiger partial charge is 0.493 e. The quantitative estimate of drug-likeness (QED) is 0.0375. The Bertz CT molecular complexity index is 6520. The maximum absolute atomic E-state index is 12.3. The number of aromatic amines is 1. The monoisotopic (exact) mass is 1750 g/mol. The molecule has 4 aliphatic rings. The van der Waals surface area contributed by atoms with E-state index in [1.807, 2.05) is 269 Å². The summed E-state index contributed by atoms with van der Waals surface area (Å²) >= 11 is 0. The highest BCUT2D eigenvalue weighted by atomic mass is 16.5. The number of methoxy groups -OCH3 is 4. The fourth-order valence-electron chi connectivity index (χ4n) is 16.8. The number of carboxylic acid groups (broad SMARTS) is 4. The Balaban J connectivity index is 0.000000121. The fraction of sp³-hybridized carbons (Fsp3) is 0.216. The number of para-hydroxylation sites is 5. The number of hydrogen-bond donors (Lipinski definition) is 5. The van der Waals surface area contributed by atoms with Crippen LogP contribution < -0.4 is 57.5 Å². The summed E-state index contributed by atoms with van der Waals surface area (Å²) in [5, 5.41) is 40.2. The molecule has 4 aliphatic heterocycles. The van der Waals surface area contributed by atoms with Crippen molar-refractivity contribution in [2.45, 2.75) is 116 Å². The number of nitrogens with one attached hydrogen (secondary N) is 1. The molecule has 20 rings (SSSR count). The average molecular weight is 1750 g/mol. The lowest BCUT2D eigenvalue weighted by Crippen LogP contribution is -2.46. The van der Waals surface area contributed by atoms with Gasteiger partial charge >= 0.3 is 23.9 Å². The Morgan fingerprint density at radius 2 is 0.677 bits per heavy atom. The van der Waals surface area contributed by atoms with Crippen LogP contribution in [0.2, 0.25) is 0 Å². The van der Waals surface area contributed by atoms with Crippen LogP contribution >= 0.6 is 0 Å². The van der Waals surface area contributed by atoms with E-state index in [-0.39, 0.29) is 25.7 Å². The second kappa shape index (κ2) is 38.5. The third-order valence-electron chi connectivity index (χ3n) is 23.5. The Morgan fingerprint density at radius 1 is 0.346 bits per heavy atom. The first-order chi connectivity index (χ1) is 63.3. The van der Waals surface area contributed by atoms with Crippen LogP contribution in [0.3, 0.4) is 0 Å². The number of aryl methyl sites for hydroxylation is 2. The van der Waals surface area contributed by atoms with E-state index in [2.05, 4.69) is 24.9 Å². The molecule has 660 valence electrons. The summed E-state index contributed by atoms with van der Waals surface area (Å²) in [7, 11) is 6.34. The number of carbonyl (C=O) groups is 4. The molecule has 4 atom stereocenters. The first-order valence-corrected chi connectivity index (χ1v) is 42.3. The van der Waals surface area contributed by atoms with E-state index in [1.165, 1.54) is 0 Å². The minimum atomic E-state index is -0.949. The van der Waals surface area contributed by atoms with Crippen LogP contribution in [0.15, 0.2) is 268 Å². The van der Waals surface area contributed by atoms with E-state index < -0.39 is 48.0 Å². The summed E-state index contributed by atoms with van der Waals surface area (Å²) in [6.07, 6.45) is 1.00. The molecule has 0 aliphatic carbocycles. The van der Waals surface area contributed by atoms with Crippen LogP contribution in [0.25, 0.3) is 44.3 Å². The highest BCUT2D eigenvalue weighted by Gasteiger charge is 2.42. The second-order valence-electron chi connectivity index (χ2n) is 31.7. The van der Waals surface area contributed by atoms with Crippen LogP contribution in [0, 0.1) is 13.8 Å². The normalized spacial score (nSPS) is 15.4. The van der Waals surface area contributed by atoms with Gasteiger partial charge in [0, 0.05) is 74.1 Å². The maximum atomic E-state index is 12.3. The Hall–Kier alpha value is -16.0. The number of aliphatic carboxylic acids is 4. The molecule has 0 saturated carbocycles. The first-order valence-electron chi connectivity index (χ1n) is 42.3. The number of anilines is 4. The van der Waals surface area contributed by atoms with E-state index in [9.17, 15) is 39.6 Å². The summed E-state index contributed by atoms with van der Waals surface area (Å²) in [5.41, 5.74) is 19.1. The number of carboxylic acids is 4. The average Bonchev–Trinajstić information content (AvgIpc) is 1.41. The van der Waals surface area contributed by atoms with Gasteiger partial charge in [0.25, 0.3) is 18.0 Å². The van der Waals surface area contributed by atoms with Gasteiger partial charge < -0.3 is 96.2 Å². The number of ether oxygens (including phenoxy) is 8. The van der Waals surface area contributed by atoms with Crippen molar-refractivity contribution in [3.05, 3.63) is 333 Å². The van der Waals surface area contributed by atoms with E-state index in [0.29, 0.717) is 150 Å². The predicted octanol–water partition coefficient (Wildman–Crippen LogP) is 18.1. The van der Waals surface area contributed by atoms with Gasteiger partial charge in [-0.25, -0.2) is 24.2 Å². The second-order valence-corrected chi connectivity index (χ2v) is 31.7. The molecule has 130 heavy (non-hydrogen) atoms. The number of fused-ring (bicyclic) bond motifs is 8. The topological polar surface area (TPSA) is 343 Å². The molecule has 16 aromatic rings. The molecule has 5 N–H and O–H groups in total. The third-order valence-corrected chi connectivity index (χ3v) is 23.5. The number of rotatable bonds is 24. The van der Waals surface area contributed by atoms with Gasteiger partial charge in [-0.1, -0.05) is 188 Å². The number of imidazole rings is 1. The molecular formula is C102H93N9O19. The van der Waals surface area contributed by atoms with E-state index in [1.54, 1.807) is 48.0 Å². The molecule has 28 heteroatoms. The molecule has 0 radical (unpaired) electrons. The van der Waals surface area contributed by atoms with Gasteiger partial charge in [0.1, 0.15) is 67.1 Å². The predicted molar refractivity (Wildman–Crippen MR) is 488 cm³/mol. The van der Waals surface area contributed by atoms with E-state index in [4.69, 9.17) is 51.1 Å². The molecule has 0 fully saturated rings. The zero-order chi connectivity index (χ0) is 90.1. The van der Waals surface area contributed by atoms with Crippen molar-refractivity contribution >= 4 is 92.2 Å². The van der Waals surface area contributed by atoms with Gasteiger partial charge in [0.05, 0.1) is 39.5 Å². The standard InChI is InChI=1S/2C26H24N2O5.C25H23N3O4.C25H22N2O5/c1-16-7-6-10-21-23(16)27-26(33-21)28-14-18-11-12-22(31-2)24(19(18)13-20(28)25(29)30)32-15-17-8-4-3-5-9-17;1-16-8-10-22-20(12-16)27-26(33-22)28-14-18-9-11-23(31-2)24(19(18)13-21(28)25(29)30)32-15-17-6-4-3-5-7-17;1-31-22-12-11-17-14-28(25-26-19-9-5-6-10-20(19)27-25)21(24(29)30)13-18(17)23(22)32-15-16-7-3-2-4-8-16;1-30-22-12-11-17-14-27(25-26-19-9-5-6-10-21(19)32-25)20(24(28)29)13-18(17)23(22)31-15-16-7-3-2-4-8-16/h3-12,20H,13-15H2,1-2H3,(H,29,30);3-12,21H,13-15H2,1-2H3,(H,29,30);2-12,21H,13-15H2,1H3,(H,26,27)(H,29,30);2-12,20H,13-15H2,1H3,(H,28,29). The molecule has 28 nitrogen and oxygen atoms in total. The number of aromatic nitrogens is 5. The third kappa shape index (κ3) is 18.5. The van der Waals surface area contributed by atoms with Gasteiger partial charge in [-0.3, -0.25) is 0 Å². The Labute approximate surface area is 747 Å². The van der Waals surface area contributed by atoms with E-state index in [0.717, 1.165) is 94.4 Å². The lowest BCUT2D eigenvalue weighted by atomic mass is 9.92. The summed E-state index contributed by atoms with van der Waals surface area (Å²) in [4.78, 5) is 77.5. The number of H-pyrrole nitrogens is 1. The maximum Gasteiger partial charge on any atom is 0.326 e. The Morgan fingerprint density at radius 3 is 1.05 bits per heavy atom.